The lowest BCUT2D eigenvalue weighted by atomic mass is 9.99. The molecule has 1 aromatic heterocycles. The molecule has 0 spiro atoms. The van der Waals surface area contributed by atoms with Gasteiger partial charge >= 0.3 is 0 Å². The van der Waals surface area contributed by atoms with E-state index in [1.165, 1.54) is 6.42 Å². The van der Waals surface area contributed by atoms with E-state index in [-0.39, 0.29) is 5.91 Å². The van der Waals surface area contributed by atoms with Crippen LogP contribution in [-0.2, 0) is 0 Å². The fourth-order valence-electron chi connectivity index (χ4n) is 3.26. The SMILES string of the molecule is CCC1CCCCN1C(=O)c1cnc(Nc2cc(Cl)ccc2OC)nc1. The molecule has 0 radical (unpaired) electrons. The summed E-state index contributed by atoms with van der Waals surface area (Å²) in [6.45, 7) is 2.93. The van der Waals surface area contributed by atoms with Gasteiger partial charge in [-0.15, -0.1) is 0 Å². The summed E-state index contributed by atoms with van der Waals surface area (Å²) in [6.07, 6.45) is 7.41. The van der Waals surface area contributed by atoms with Gasteiger partial charge in [-0.05, 0) is 43.9 Å². The molecule has 2 aromatic rings. The standard InChI is InChI=1S/C19H23ClN4O2/c1-3-15-6-4-5-9-24(15)18(25)13-11-21-19(22-12-13)23-16-10-14(20)7-8-17(16)26-2/h7-8,10-12,15H,3-6,9H2,1-2H3,(H,21,22,23). The van der Waals surface area contributed by atoms with Crippen molar-refractivity contribution >= 4 is 29.1 Å². The summed E-state index contributed by atoms with van der Waals surface area (Å²) >= 11 is 6.03. The van der Waals surface area contributed by atoms with E-state index < -0.39 is 0 Å². The Kier molecular flexibility index (Phi) is 5.93. The molecule has 26 heavy (non-hydrogen) atoms. The maximum absolute atomic E-state index is 12.8. The Hall–Kier alpha value is -2.34. The van der Waals surface area contributed by atoms with E-state index >= 15 is 0 Å². The van der Waals surface area contributed by atoms with E-state index in [9.17, 15) is 4.79 Å². The van der Waals surface area contributed by atoms with Gasteiger partial charge in [-0.25, -0.2) is 9.97 Å². The highest BCUT2D eigenvalue weighted by Gasteiger charge is 2.26. The maximum atomic E-state index is 12.8. The van der Waals surface area contributed by atoms with Crippen LogP contribution in [0.3, 0.4) is 0 Å². The smallest absolute Gasteiger partial charge is 0.257 e. The van der Waals surface area contributed by atoms with Crippen molar-refractivity contribution in [1.82, 2.24) is 14.9 Å². The van der Waals surface area contributed by atoms with Gasteiger partial charge in [0, 0.05) is 30.0 Å². The minimum absolute atomic E-state index is 0.00318. The largest absolute Gasteiger partial charge is 0.495 e. The van der Waals surface area contributed by atoms with Crippen LogP contribution >= 0.6 is 11.6 Å². The number of nitrogens with zero attached hydrogens (tertiary/aromatic N) is 3. The van der Waals surface area contributed by atoms with Crippen molar-refractivity contribution in [2.45, 2.75) is 38.6 Å². The molecular weight excluding hydrogens is 352 g/mol. The molecule has 2 heterocycles. The lowest BCUT2D eigenvalue weighted by Crippen LogP contribution is -2.43. The fourth-order valence-corrected chi connectivity index (χ4v) is 3.43. The molecule has 1 saturated heterocycles. The number of aromatic nitrogens is 2. The van der Waals surface area contributed by atoms with Crippen LogP contribution in [0.1, 0.15) is 43.0 Å². The third-order valence-electron chi connectivity index (χ3n) is 4.67. The average molecular weight is 375 g/mol. The molecule has 0 bridgehead atoms. The minimum atomic E-state index is 0.00318. The van der Waals surface area contributed by atoms with Crippen molar-refractivity contribution in [3.8, 4) is 5.75 Å². The first-order valence-corrected chi connectivity index (χ1v) is 9.23. The highest BCUT2D eigenvalue weighted by molar-refractivity contribution is 6.31. The monoisotopic (exact) mass is 374 g/mol. The number of anilines is 2. The highest BCUT2D eigenvalue weighted by atomic mass is 35.5. The number of carbonyl (C=O) groups excluding carboxylic acids is 1. The van der Waals surface area contributed by atoms with Gasteiger partial charge in [0.1, 0.15) is 5.75 Å². The van der Waals surface area contributed by atoms with Crippen LogP contribution < -0.4 is 10.1 Å². The predicted octanol–water partition coefficient (Wildman–Crippen LogP) is 4.29. The van der Waals surface area contributed by atoms with Crippen molar-refractivity contribution in [1.29, 1.82) is 0 Å². The Bertz CT molecular complexity index is 767. The topological polar surface area (TPSA) is 67.4 Å². The van der Waals surface area contributed by atoms with Crippen LogP contribution in [0.4, 0.5) is 11.6 Å². The van der Waals surface area contributed by atoms with Crippen molar-refractivity contribution in [3.05, 3.63) is 41.2 Å². The first kappa shape index (κ1) is 18.5. The van der Waals surface area contributed by atoms with E-state index in [4.69, 9.17) is 16.3 Å². The Labute approximate surface area is 158 Å². The summed E-state index contributed by atoms with van der Waals surface area (Å²) < 4.78 is 5.30. The number of hydrogen-bond acceptors (Lipinski definition) is 5. The maximum Gasteiger partial charge on any atom is 0.257 e. The zero-order valence-electron chi connectivity index (χ0n) is 15.0. The second-order valence-electron chi connectivity index (χ2n) is 6.32. The van der Waals surface area contributed by atoms with Crippen molar-refractivity contribution in [3.63, 3.8) is 0 Å². The number of ether oxygens (including phenoxy) is 1. The number of benzene rings is 1. The first-order chi connectivity index (χ1) is 12.6. The third-order valence-corrected chi connectivity index (χ3v) is 4.90. The number of carbonyl (C=O) groups is 1. The van der Waals surface area contributed by atoms with Gasteiger partial charge in [-0.3, -0.25) is 4.79 Å². The van der Waals surface area contributed by atoms with E-state index in [2.05, 4.69) is 22.2 Å². The molecule has 6 nitrogen and oxygen atoms in total. The zero-order chi connectivity index (χ0) is 18.5. The van der Waals surface area contributed by atoms with Crippen LogP contribution in [0, 0.1) is 0 Å². The Morgan fingerprint density at radius 2 is 2.12 bits per heavy atom. The molecule has 1 amide bonds. The van der Waals surface area contributed by atoms with Gasteiger partial charge in [0.05, 0.1) is 18.4 Å². The lowest BCUT2D eigenvalue weighted by Gasteiger charge is -2.35. The summed E-state index contributed by atoms with van der Waals surface area (Å²) in [4.78, 5) is 23.3. The highest BCUT2D eigenvalue weighted by Crippen LogP contribution is 2.29. The Morgan fingerprint density at radius 1 is 1.35 bits per heavy atom. The normalized spacial score (nSPS) is 17.0. The van der Waals surface area contributed by atoms with Crippen molar-refractivity contribution in [2.24, 2.45) is 0 Å². The predicted molar refractivity (Wildman–Crippen MR) is 102 cm³/mol. The van der Waals surface area contributed by atoms with Crippen molar-refractivity contribution in [2.75, 3.05) is 19.0 Å². The molecule has 1 atom stereocenters. The summed E-state index contributed by atoms with van der Waals surface area (Å²) in [5, 5.41) is 3.65. The second-order valence-corrected chi connectivity index (χ2v) is 6.76. The zero-order valence-corrected chi connectivity index (χ0v) is 15.8. The van der Waals surface area contributed by atoms with E-state index in [0.717, 1.165) is 25.8 Å². The summed E-state index contributed by atoms with van der Waals surface area (Å²) in [5.41, 5.74) is 1.18. The van der Waals surface area contributed by atoms with Crippen LogP contribution in [0.5, 0.6) is 5.75 Å². The molecule has 138 valence electrons. The lowest BCUT2D eigenvalue weighted by molar-refractivity contribution is 0.0607. The van der Waals surface area contributed by atoms with Gasteiger partial charge in [0.2, 0.25) is 5.95 Å². The fraction of sp³-hybridized carbons (Fsp3) is 0.421. The van der Waals surface area contributed by atoms with Crippen molar-refractivity contribution < 1.29 is 9.53 Å². The number of methoxy groups -OCH3 is 1. The Balaban J connectivity index is 1.74. The van der Waals surface area contributed by atoms with Crippen LogP contribution in [0.2, 0.25) is 5.02 Å². The van der Waals surface area contributed by atoms with Gasteiger partial charge in [-0.2, -0.15) is 0 Å². The molecule has 1 unspecified atom stereocenters. The Morgan fingerprint density at radius 3 is 2.81 bits per heavy atom. The van der Waals surface area contributed by atoms with E-state index in [0.29, 0.717) is 34.0 Å². The quantitative estimate of drug-likeness (QED) is 0.845. The van der Waals surface area contributed by atoms with Crippen LogP contribution in [-0.4, -0.2) is 40.5 Å². The van der Waals surface area contributed by atoms with Gasteiger partial charge < -0.3 is 15.0 Å². The number of halogens is 1. The number of rotatable bonds is 5. The molecule has 7 heteroatoms. The summed E-state index contributed by atoms with van der Waals surface area (Å²) in [6, 6.07) is 5.56. The third kappa shape index (κ3) is 4.07. The molecule has 1 fully saturated rings. The number of hydrogen-bond donors (Lipinski definition) is 1. The molecule has 1 N–H and O–H groups in total. The summed E-state index contributed by atoms with van der Waals surface area (Å²) in [5.74, 6) is 1.02. The number of nitrogens with one attached hydrogen (secondary N) is 1. The molecular formula is C19H23ClN4O2. The number of amides is 1. The summed E-state index contributed by atoms with van der Waals surface area (Å²) in [7, 11) is 1.58. The van der Waals surface area contributed by atoms with Gasteiger partial charge in [0.25, 0.3) is 5.91 Å². The van der Waals surface area contributed by atoms with E-state index in [1.807, 2.05) is 4.90 Å². The molecule has 0 aliphatic carbocycles. The molecule has 1 aromatic carbocycles. The van der Waals surface area contributed by atoms with Crippen LogP contribution in [0.15, 0.2) is 30.6 Å². The van der Waals surface area contributed by atoms with Gasteiger partial charge in [-0.1, -0.05) is 18.5 Å². The van der Waals surface area contributed by atoms with E-state index in [1.54, 1.807) is 37.7 Å². The second kappa shape index (κ2) is 8.36. The number of likely N-dealkylation sites (tertiary alicyclic amines) is 1. The molecule has 3 rings (SSSR count). The molecule has 1 aliphatic heterocycles. The van der Waals surface area contributed by atoms with Crippen LogP contribution in [0.25, 0.3) is 0 Å². The minimum Gasteiger partial charge on any atom is -0.495 e. The molecule has 1 aliphatic rings. The molecule has 0 saturated carbocycles. The average Bonchev–Trinajstić information content (AvgIpc) is 2.68. The number of piperidine rings is 1. The van der Waals surface area contributed by atoms with Gasteiger partial charge in [0.15, 0.2) is 0 Å². The first-order valence-electron chi connectivity index (χ1n) is 8.86.